The van der Waals surface area contributed by atoms with Crippen molar-refractivity contribution in [3.05, 3.63) is 66.6 Å². The Morgan fingerprint density at radius 3 is 2.52 bits per heavy atom. The van der Waals surface area contributed by atoms with Gasteiger partial charge in [-0.25, -0.2) is 0 Å². The van der Waals surface area contributed by atoms with Crippen molar-refractivity contribution >= 4 is 22.6 Å². The highest BCUT2D eigenvalue weighted by atomic mass is 16.5. The SMILES string of the molecule is O=C(COc1ccc2ccccc2c1)NCCNC(=O)c1ccco1. The molecule has 0 saturated carbocycles. The van der Waals surface area contributed by atoms with Gasteiger partial charge in [-0.05, 0) is 35.0 Å². The highest BCUT2D eigenvalue weighted by Crippen LogP contribution is 2.20. The number of amides is 2. The number of fused-ring (bicyclic) bond motifs is 1. The van der Waals surface area contributed by atoms with Gasteiger partial charge in [0.25, 0.3) is 11.8 Å². The maximum Gasteiger partial charge on any atom is 0.287 e. The molecule has 0 saturated heterocycles. The fraction of sp³-hybridized carbons (Fsp3) is 0.158. The molecule has 3 rings (SSSR count). The zero-order chi connectivity index (χ0) is 17.5. The molecule has 2 amide bonds. The van der Waals surface area contributed by atoms with Gasteiger partial charge in [-0.3, -0.25) is 9.59 Å². The summed E-state index contributed by atoms with van der Waals surface area (Å²) in [4.78, 5) is 23.4. The number of carbonyl (C=O) groups is 2. The maximum absolute atomic E-state index is 11.8. The monoisotopic (exact) mass is 338 g/mol. The quantitative estimate of drug-likeness (QED) is 0.648. The molecule has 0 aliphatic heterocycles. The van der Waals surface area contributed by atoms with E-state index in [2.05, 4.69) is 10.6 Å². The van der Waals surface area contributed by atoms with Crippen molar-refractivity contribution in [2.75, 3.05) is 19.7 Å². The standard InChI is InChI=1S/C19H18N2O4/c22-18(20-9-10-21-19(23)17-6-3-11-24-17)13-25-16-8-7-14-4-1-2-5-15(14)12-16/h1-8,11-12H,9-10,13H2,(H,20,22)(H,21,23). The lowest BCUT2D eigenvalue weighted by molar-refractivity contribution is -0.123. The molecular weight excluding hydrogens is 320 g/mol. The van der Waals surface area contributed by atoms with Gasteiger partial charge in [0.05, 0.1) is 6.26 Å². The summed E-state index contributed by atoms with van der Waals surface area (Å²) in [5.41, 5.74) is 0. The Morgan fingerprint density at radius 2 is 1.72 bits per heavy atom. The largest absolute Gasteiger partial charge is 0.484 e. The lowest BCUT2D eigenvalue weighted by Crippen LogP contribution is -2.36. The number of carbonyl (C=O) groups excluding carboxylic acids is 2. The number of hydrogen-bond donors (Lipinski definition) is 2. The first kappa shape index (κ1) is 16.6. The highest BCUT2D eigenvalue weighted by Gasteiger charge is 2.07. The van der Waals surface area contributed by atoms with Crippen LogP contribution in [0.25, 0.3) is 10.8 Å². The Hall–Kier alpha value is -3.28. The fourth-order valence-corrected chi connectivity index (χ4v) is 2.33. The van der Waals surface area contributed by atoms with Gasteiger partial charge in [-0.15, -0.1) is 0 Å². The van der Waals surface area contributed by atoms with Gasteiger partial charge in [0.15, 0.2) is 12.4 Å². The van der Waals surface area contributed by atoms with Gasteiger partial charge in [-0.2, -0.15) is 0 Å². The van der Waals surface area contributed by atoms with Crippen LogP contribution in [0.15, 0.2) is 65.3 Å². The predicted octanol–water partition coefficient (Wildman–Crippen LogP) is 2.36. The molecular formula is C19H18N2O4. The minimum absolute atomic E-state index is 0.0789. The summed E-state index contributed by atoms with van der Waals surface area (Å²) < 4.78 is 10.5. The average molecular weight is 338 g/mol. The van der Waals surface area contributed by atoms with E-state index >= 15 is 0 Å². The molecule has 6 heteroatoms. The predicted molar refractivity (Wildman–Crippen MR) is 93.5 cm³/mol. The average Bonchev–Trinajstić information content (AvgIpc) is 3.18. The maximum atomic E-state index is 11.8. The molecule has 128 valence electrons. The molecule has 2 N–H and O–H groups in total. The topological polar surface area (TPSA) is 80.6 Å². The second kappa shape index (κ2) is 8.01. The van der Waals surface area contributed by atoms with E-state index in [1.54, 1.807) is 12.1 Å². The van der Waals surface area contributed by atoms with E-state index in [1.807, 2.05) is 42.5 Å². The summed E-state index contributed by atoms with van der Waals surface area (Å²) in [6, 6.07) is 16.8. The molecule has 0 bridgehead atoms. The lowest BCUT2D eigenvalue weighted by Gasteiger charge is -2.09. The van der Waals surface area contributed by atoms with Crippen LogP contribution in [0.4, 0.5) is 0 Å². The van der Waals surface area contributed by atoms with Crippen molar-refractivity contribution in [2.24, 2.45) is 0 Å². The Kier molecular flexibility index (Phi) is 5.31. The summed E-state index contributed by atoms with van der Waals surface area (Å²) in [6.45, 7) is 0.540. The number of nitrogens with one attached hydrogen (secondary N) is 2. The third kappa shape index (κ3) is 4.60. The third-order valence-electron chi connectivity index (χ3n) is 3.57. The van der Waals surface area contributed by atoms with Crippen LogP contribution >= 0.6 is 0 Å². The van der Waals surface area contributed by atoms with Crippen LogP contribution in [-0.4, -0.2) is 31.5 Å². The van der Waals surface area contributed by atoms with Crippen molar-refractivity contribution in [3.8, 4) is 5.75 Å². The van der Waals surface area contributed by atoms with Crippen molar-refractivity contribution in [2.45, 2.75) is 0 Å². The molecule has 0 unspecified atom stereocenters. The molecule has 3 aromatic rings. The van der Waals surface area contributed by atoms with Crippen molar-refractivity contribution in [1.29, 1.82) is 0 Å². The Morgan fingerprint density at radius 1 is 0.920 bits per heavy atom. The molecule has 0 aliphatic carbocycles. The van der Waals surface area contributed by atoms with E-state index in [0.29, 0.717) is 18.8 Å². The first-order valence-corrected chi connectivity index (χ1v) is 7.92. The first-order chi connectivity index (χ1) is 12.2. The number of benzene rings is 2. The minimum Gasteiger partial charge on any atom is -0.484 e. The van der Waals surface area contributed by atoms with Crippen LogP contribution < -0.4 is 15.4 Å². The Labute approximate surface area is 144 Å². The van der Waals surface area contributed by atoms with E-state index in [9.17, 15) is 9.59 Å². The summed E-state index contributed by atoms with van der Waals surface area (Å²) in [5.74, 6) is 0.318. The molecule has 1 aromatic heterocycles. The molecule has 0 spiro atoms. The number of ether oxygens (including phenoxy) is 1. The van der Waals surface area contributed by atoms with Crippen LogP contribution in [0.1, 0.15) is 10.6 Å². The molecule has 0 aliphatic rings. The summed E-state index contributed by atoms with van der Waals surface area (Å²) in [6.07, 6.45) is 1.43. The zero-order valence-electron chi connectivity index (χ0n) is 13.5. The summed E-state index contributed by atoms with van der Waals surface area (Å²) in [5, 5.41) is 7.50. The Balaban J connectivity index is 1.38. The van der Waals surface area contributed by atoms with E-state index < -0.39 is 0 Å². The van der Waals surface area contributed by atoms with Crippen molar-refractivity contribution < 1.29 is 18.7 Å². The van der Waals surface area contributed by atoms with E-state index in [4.69, 9.17) is 9.15 Å². The van der Waals surface area contributed by atoms with E-state index in [0.717, 1.165) is 10.8 Å². The molecule has 6 nitrogen and oxygen atoms in total. The van der Waals surface area contributed by atoms with Gasteiger partial charge in [0.1, 0.15) is 5.75 Å². The van der Waals surface area contributed by atoms with Gasteiger partial charge in [0, 0.05) is 13.1 Å². The molecule has 25 heavy (non-hydrogen) atoms. The molecule has 0 atom stereocenters. The van der Waals surface area contributed by atoms with E-state index in [-0.39, 0.29) is 24.2 Å². The number of hydrogen-bond acceptors (Lipinski definition) is 4. The fourth-order valence-electron chi connectivity index (χ4n) is 2.33. The van der Waals surface area contributed by atoms with E-state index in [1.165, 1.54) is 6.26 Å². The van der Waals surface area contributed by atoms with Gasteiger partial charge in [-0.1, -0.05) is 30.3 Å². The second-order valence-electron chi connectivity index (χ2n) is 5.38. The van der Waals surface area contributed by atoms with Crippen LogP contribution in [-0.2, 0) is 4.79 Å². The van der Waals surface area contributed by atoms with Crippen molar-refractivity contribution in [1.82, 2.24) is 10.6 Å². The van der Waals surface area contributed by atoms with Crippen LogP contribution in [0.2, 0.25) is 0 Å². The molecule has 0 fully saturated rings. The number of rotatable bonds is 7. The van der Waals surface area contributed by atoms with Crippen LogP contribution in [0.3, 0.4) is 0 Å². The first-order valence-electron chi connectivity index (χ1n) is 7.92. The number of furan rings is 1. The molecule has 2 aromatic carbocycles. The van der Waals surface area contributed by atoms with Crippen LogP contribution in [0, 0.1) is 0 Å². The smallest absolute Gasteiger partial charge is 0.287 e. The third-order valence-corrected chi connectivity index (χ3v) is 3.57. The van der Waals surface area contributed by atoms with Crippen molar-refractivity contribution in [3.63, 3.8) is 0 Å². The summed E-state index contributed by atoms with van der Waals surface area (Å²) >= 11 is 0. The lowest BCUT2D eigenvalue weighted by atomic mass is 10.1. The summed E-state index contributed by atoms with van der Waals surface area (Å²) in [7, 11) is 0. The highest BCUT2D eigenvalue weighted by molar-refractivity contribution is 5.91. The molecule has 0 radical (unpaired) electrons. The minimum atomic E-state index is -0.313. The van der Waals surface area contributed by atoms with Gasteiger partial charge in [0.2, 0.25) is 0 Å². The Bertz CT molecular complexity index is 859. The second-order valence-corrected chi connectivity index (χ2v) is 5.38. The van der Waals surface area contributed by atoms with Crippen LogP contribution in [0.5, 0.6) is 5.75 Å². The normalized spacial score (nSPS) is 10.4. The zero-order valence-corrected chi connectivity index (χ0v) is 13.5. The molecule has 1 heterocycles. The van der Waals surface area contributed by atoms with Gasteiger partial charge < -0.3 is 19.8 Å². The van der Waals surface area contributed by atoms with Gasteiger partial charge >= 0.3 is 0 Å².